The maximum Gasteiger partial charge on any atom is 0.141 e. The lowest BCUT2D eigenvalue weighted by atomic mass is 10.1. The monoisotopic (exact) mass is 568 g/mol. The second-order valence-electron chi connectivity index (χ2n) is 9.84. The number of ether oxygens (including phenoxy) is 2. The Labute approximate surface area is 250 Å². The van der Waals surface area contributed by atoms with Gasteiger partial charge in [0.05, 0.1) is 25.6 Å². The van der Waals surface area contributed by atoms with E-state index in [2.05, 4.69) is 16.0 Å². The number of hydrogen-bond acceptors (Lipinski definition) is 6. The highest BCUT2D eigenvalue weighted by Crippen LogP contribution is 2.25. The number of hydrogen-bond donors (Lipinski definition) is 2. The lowest BCUT2D eigenvalue weighted by Gasteiger charge is -2.05. The van der Waals surface area contributed by atoms with Crippen molar-refractivity contribution in [1.82, 2.24) is 9.97 Å². The number of aromatic nitrogens is 2. The first kappa shape index (κ1) is 28.9. The van der Waals surface area contributed by atoms with E-state index < -0.39 is 0 Å². The molecule has 0 saturated carbocycles. The van der Waals surface area contributed by atoms with Crippen LogP contribution in [0.4, 0.5) is 0 Å². The molecule has 0 aliphatic rings. The van der Waals surface area contributed by atoms with Gasteiger partial charge < -0.3 is 19.7 Å². The van der Waals surface area contributed by atoms with E-state index in [1.54, 1.807) is 26.4 Å². The molecule has 0 unspecified atom stereocenters. The zero-order chi connectivity index (χ0) is 30.2. The van der Waals surface area contributed by atoms with Crippen LogP contribution < -0.4 is 9.47 Å². The lowest BCUT2D eigenvalue weighted by Crippen LogP contribution is -1.87. The molecule has 0 radical (unpaired) electrons. The zero-order valence-corrected chi connectivity index (χ0v) is 24.2. The first-order chi connectivity index (χ1) is 20.9. The molecule has 2 N–H and O–H groups in total. The largest absolute Gasteiger partial charge is 0.506 e. The number of aryl methyl sites for hydroxylation is 1. The predicted molar refractivity (Wildman–Crippen MR) is 175 cm³/mol. The Balaban J connectivity index is 0.000000171. The SMILES string of the molecule is COc1ccc(/C=C/c2ccc3cccc(O)c3n2)cc1C.COc1cccc(/C=C/c2ccc3cccc(O)c3n2)c1. The summed E-state index contributed by atoms with van der Waals surface area (Å²) in [6.45, 7) is 2.02. The summed E-state index contributed by atoms with van der Waals surface area (Å²) >= 11 is 0. The minimum absolute atomic E-state index is 0.198. The van der Waals surface area contributed by atoms with Gasteiger partial charge in [0.25, 0.3) is 0 Å². The summed E-state index contributed by atoms with van der Waals surface area (Å²) in [6.07, 6.45) is 7.82. The number of rotatable bonds is 6. The number of aromatic hydroxyl groups is 2. The number of para-hydroxylation sites is 2. The molecule has 0 spiro atoms. The van der Waals surface area contributed by atoms with Crippen molar-refractivity contribution in [2.45, 2.75) is 6.92 Å². The molecule has 0 atom stereocenters. The molecule has 0 aliphatic carbocycles. The topological polar surface area (TPSA) is 84.7 Å². The molecule has 0 fully saturated rings. The molecule has 43 heavy (non-hydrogen) atoms. The predicted octanol–water partition coefficient (Wildman–Crippen LogP) is 8.55. The summed E-state index contributed by atoms with van der Waals surface area (Å²) in [5, 5.41) is 21.6. The third kappa shape index (κ3) is 7.18. The Hall–Kier alpha value is -5.62. The van der Waals surface area contributed by atoms with Crippen LogP contribution in [0.15, 0.2) is 103 Å². The molecule has 6 rings (SSSR count). The summed E-state index contributed by atoms with van der Waals surface area (Å²) in [4.78, 5) is 8.95. The fraction of sp³-hybridized carbons (Fsp3) is 0.0811. The highest BCUT2D eigenvalue weighted by molar-refractivity contribution is 5.86. The molecular formula is C37H32N2O4. The van der Waals surface area contributed by atoms with Crippen LogP contribution >= 0.6 is 0 Å². The van der Waals surface area contributed by atoms with E-state index in [1.165, 1.54) is 0 Å². The van der Waals surface area contributed by atoms with Crippen LogP contribution in [0.5, 0.6) is 23.0 Å². The Morgan fingerprint density at radius 1 is 0.558 bits per heavy atom. The van der Waals surface area contributed by atoms with Crippen LogP contribution in [-0.4, -0.2) is 34.4 Å². The minimum atomic E-state index is 0.198. The second-order valence-corrected chi connectivity index (χ2v) is 9.84. The van der Waals surface area contributed by atoms with Crippen molar-refractivity contribution in [1.29, 1.82) is 0 Å². The van der Waals surface area contributed by atoms with Crippen molar-refractivity contribution in [3.05, 3.63) is 131 Å². The fourth-order valence-corrected chi connectivity index (χ4v) is 4.59. The van der Waals surface area contributed by atoms with Gasteiger partial charge in [-0.3, -0.25) is 0 Å². The van der Waals surface area contributed by atoms with Crippen molar-refractivity contribution in [3.63, 3.8) is 0 Å². The Bertz CT molecular complexity index is 1950. The van der Waals surface area contributed by atoms with E-state index in [0.29, 0.717) is 11.0 Å². The van der Waals surface area contributed by atoms with Gasteiger partial charge in [0.15, 0.2) is 0 Å². The van der Waals surface area contributed by atoms with E-state index in [1.807, 2.05) is 116 Å². The van der Waals surface area contributed by atoms with E-state index in [-0.39, 0.29) is 11.5 Å². The number of methoxy groups -OCH3 is 2. The molecule has 6 heteroatoms. The summed E-state index contributed by atoms with van der Waals surface area (Å²) in [5.41, 5.74) is 6.05. The molecule has 0 saturated heterocycles. The minimum Gasteiger partial charge on any atom is -0.506 e. The smallest absolute Gasteiger partial charge is 0.141 e. The molecule has 2 heterocycles. The van der Waals surface area contributed by atoms with Crippen LogP contribution in [0.1, 0.15) is 28.1 Å². The van der Waals surface area contributed by atoms with E-state index in [4.69, 9.17) is 9.47 Å². The highest BCUT2D eigenvalue weighted by atomic mass is 16.5. The average Bonchev–Trinajstić information content (AvgIpc) is 3.04. The zero-order valence-electron chi connectivity index (χ0n) is 24.2. The molecule has 0 aliphatic heterocycles. The van der Waals surface area contributed by atoms with Crippen molar-refractivity contribution >= 4 is 46.1 Å². The van der Waals surface area contributed by atoms with E-state index in [0.717, 1.165) is 50.3 Å². The van der Waals surface area contributed by atoms with Gasteiger partial charge in [0.2, 0.25) is 0 Å². The first-order valence-corrected chi connectivity index (χ1v) is 13.8. The number of pyridine rings is 2. The van der Waals surface area contributed by atoms with Gasteiger partial charge in [-0.25, -0.2) is 9.97 Å². The molecular weight excluding hydrogens is 536 g/mol. The number of benzene rings is 4. The third-order valence-corrected chi connectivity index (χ3v) is 6.85. The van der Waals surface area contributed by atoms with Gasteiger partial charge in [-0.05, 0) is 84.3 Å². The van der Waals surface area contributed by atoms with Gasteiger partial charge in [0.1, 0.15) is 34.0 Å². The van der Waals surface area contributed by atoms with Crippen LogP contribution in [0.2, 0.25) is 0 Å². The van der Waals surface area contributed by atoms with Gasteiger partial charge in [-0.15, -0.1) is 0 Å². The molecule has 6 nitrogen and oxygen atoms in total. The lowest BCUT2D eigenvalue weighted by molar-refractivity contribution is 0.411. The molecule has 4 aromatic carbocycles. The van der Waals surface area contributed by atoms with Crippen LogP contribution in [0.3, 0.4) is 0 Å². The summed E-state index contributed by atoms with van der Waals surface area (Å²) in [6, 6.07) is 32.4. The summed E-state index contributed by atoms with van der Waals surface area (Å²) < 4.78 is 10.5. The summed E-state index contributed by atoms with van der Waals surface area (Å²) in [7, 11) is 3.32. The first-order valence-electron chi connectivity index (χ1n) is 13.8. The van der Waals surface area contributed by atoms with Crippen molar-refractivity contribution in [2.24, 2.45) is 0 Å². The number of phenolic OH excluding ortho intramolecular Hbond substituents is 2. The fourth-order valence-electron chi connectivity index (χ4n) is 4.59. The van der Waals surface area contributed by atoms with Gasteiger partial charge in [-0.2, -0.15) is 0 Å². The van der Waals surface area contributed by atoms with Crippen LogP contribution in [0.25, 0.3) is 46.1 Å². The second kappa shape index (κ2) is 13.4. The van der Waals surface area contributed by atoms with E-state index in [9.17, 15) is 10.2 Å². The van der Waals surface area contributed by atoms with Crippen molar-refractivity contribution in [3.8, 4) is 23.0 Å². The molecule has 0 bridgehead atoms. The third-order valence-electron chi connectivity index (χ3n) is 6.85. The maximum absolute atomic E-state index is 9.87. The molecule has 2 aromatic heterocycles. The van der Waals surface area contributed by atoms with Crippen LogP contribution in [-0.2, 0) is 0 Å². The van der Waals surface area contributed by atoms with Gasteiger partial charge >= 0.3 is 0 Å². The Kier molecular flexibility index (Phi) is 8.98. The molecule has 214 valence electrons. The summed E-state index contributed by atoms with van der Waals surface area (Å²) in [5.74, 6) is 2.10. The number of phenols is 2. The van der Waals surface area contributed by atoms with Gasteiger partial charge in [0, 0.05) is 10.8 Å². The normalized spacial score (nSPS) is 11.1. The molecule has 6 aromatic rings. The number of nitrogens with zero attached hydrogens (tertiary/aromatic N) is 2. The number of fused-ring (bicyclic) bond motifs is 2. The van der Waals surface area contributed by atoms with Crippen molar-refractivity contribution in [2.75, 3.05) is 14.2 Å². The van der Waals surface area contributed by atoms with E-state index >= 15 is 0 Å². The standard InChI is InChI=1S/C19H17NO2.C18H15NO2/c1-13-12-14(7-11-18(13)22-2)6-9-16-10-8-15-4-3-5-17(21)19(15)20-16;1-21-16-6-2-4-13(12-16)8-10-15-11-9-14-5-3-7-17(20)18(14)19-15/h3-12,21H,1-2H3;2-12,20H,1H3/b9-6+;10-8+. The highest BCUT2D eigenvalue weighted by Gasteiger charge is 2.03. The van der Waals surface area contributed by atoms with Gasteiger partial charge in [-0.1, -0.05) is 66.7 Å². The molecule has 0 amide bonds. The van der Waals surface area contributed by atoms with Crippen LogP contribution in [0, 0.1) is 6.92 Å². The van der Waals surface area contributed by atoms with Crippen molar-refractivity contribution < 1.29 is 19.7 Å². The Morgan fingerprint density at radius 3 is 1.65 bits per heavy atom. The quantitative estimate of drug-likeness (QED) is 0.209. The average molecular weight is 569 g/mol. The Morgan fingerprint density at radius 2 is 1.12 bits per heavy atom. The maximum atomic E-state index is 9.87.